The number of hydrogen-bond acceptors (Lipinski definition) is 2. The van der Waals surface area contributed by atoms with E-state index in [-0.39, 0.29) is 17.8 Å². The van der Waals surface area contributed by atoms with Gasteiger partial charge >= 0.3 is 0 Å². The molecule has 0 aromatic rings. The molecule has 2 unspecified atom stereocenters. The van der Waals surface area contributed by atoms with Gasteiger partial charge in [-0.15, -0.1) is 0 Å². The van der Waals surface area contributed by atoms with Gasteiger partial charge in [0.05, 0.1) is 5.71 Å². The van der Waals surface area contributed by atoms with Crippen LogP contribution in [0.4, 0.5) is 0 Å². The Labute approximate surface area is 78.9 Å². The molecule has 12 heavy (non-hydrogen) atoms. The zero-order valence-corrected chi connectivity index (χ0v) is 7.96. The van der Waals surface area contributed by atoms with Crippen molar-refractivity contribution < 1.29 is 9.32 Å². The van der Waals surface area contributed by atoms with Crippen LogP contribution in [0.5, 0.6) is 0 Å². The SMILES string of the molecule is [2H]C1C/C(=N\O)CC([2H])([2H])C1C(C)(C)C. The summed E-state index contributed by atoms with van der Waals surface area (Å²) >= 11 is 0. The van der Waals surface area contributed by atoms with Crippen LogP contribution in [0, 0.1) is 11.3 Å². The molecule has 0 saturated heterocycles. The maximum Gasteiger partial charge on any atom is 0.0571 e. The van der Waals surface area contributed by atoms with Crippen LogP contribution < -0.4 is 0 Å². The lowest BCUT2D eigenvalue weighted by atomic mass is 9.72. The van der Waals surface area contributed by atoms with Gasteiger partial charge < -0.3 is 5.21 Å². The first-order valence-electron chi connectivity index (χ1n) is 5.88. The van der Waals surface area contributed by atoms with Crippen LogP contribution in [-0.2, 0) is 0 Å². The van der Waals surface area contributed by atoms with Gasteiger partial charge in [-0.25, -0.2) is 0 Å². The van der Waals surface area contributed by atoms with Crippen LogP contribution in [0.1, 0.15) is 50.5 Å². The predicted octanol–water partition coefficient (Wildman–Crippen LogP) is 3.05. The topological polar surface area (TPSA) is 32.6 Å². The van der Waals surface area contributed by atoms with Crippen LogP contribution >= 0.6 is 0 Å². The number of nitrogens with zero attached hydrogens (tertiary/aromatic N) is 1. The third-order valence-electron chi connectivity index (χ3n) is 2.19. The van der Waals surface area contributed by atoms with Gasteiger partial charge in [-0.2, -0.15) is 0 Å². The Morgan fingerprint density at radius 2 is 2.17 bits per heavy atom. The standard InChI is InChI=1S/C10H19NO/c1-10(2,3)8-4-6-9(11-12)7-5-8/h8,12H,4-7H2,1-3H3/b11-9-/i4D,5D2/b11-9+. The molecule has 1 aliphatic rings. The highest BCUT2D eigenvalue weighted by molar-refractivity contribution is 5.84. The Kier molecular flexibility index (Phi) is 1.73. The fraction of sp³-hybridized carbons (Fsp3) is 0.900. The fourth-order valence-corrected chi connectivity index (χ4v) is 1.37. The quantitative estimate of drug-likeness (QED) is 0.442. The molecule has 70 valence electrons. The summed E-state index contributed by atoms with van der Waals surface area (Å²) in [5.74, 6) is -0.324. The van der Waals surface area contributed by atoms with E-state index >= 15 is 0 Å². The Bertz CT molecular complexity index is 270. The molecule has 0 heterocycles. The van der Waals surface area contributed by atoms with Crippen molar-refractivity contribution in [1.29, 1.82) is 0 Å². The van der Waals surface area contributed by atoms with E-state index < -0.39 is 12.8 Å². The monoisotopic (exact) mass is 172 g/mol. The van der Waals surface area contributed by atoms with Crippen LogP contribution in [0.15, 0.2) is 5.16 Å². The highest BCUT2D eigenvalue weighted by Crippen LogP contribution is 2.36. The minimum absolute atomic E-state index is 0.140. The number of oxime groups is 1. The maximum atomic E-state index is 8.67. The van der Waals surface area contributed by atoms with E-state index in [4.69, 9.17) is 9.32 Å². The van der Waals surface area contributed by atoms with Gasteiger partial charge in [-0.05, 0) is 36.9 Å². The third kappa shape index (κ3) is 2.23. The average molecular weight is 172 g/mol. The van der Waals surface area contributed by atoms with Crippen LogP contribution in [0.25, 0.3) is 0 Å². The lowest BCUT2D eigenvalue weighted by Crippen LogP contribution is -2.25. The second-order valence-corrected chi connectivity index (χ2v) is 4.33. The molecule has 2 heteroatoms. The van der Waals surface area contributed by atoms with Crippen molar-refractivity contribution >= 4 is 5.71 Å². The van der Waals surface area contributed by atoms with Gasteiger partial charge in [-0.3, -0.25) is 0 Å². The average Bonchev–Trinajstić information content (AvgIpc) is 1.97. The lowest BCUT2D eigenvalue weighted by Gasteiger charge is -2.33. The van der Waals surface area contributed by atoms with Gasteiger partial charge in [0.2, 0.25) is 0 Å². The largest absolute Gasteiger partial charge is 0.411 e. The van der Waals surface area contributed by atoms with Gasteiger partial charge in [0, 0.05) is 4.11 Å². The Hall–Kier alpha value is -0.530. The van der Waals surface area contributed by atoms with Crippen molar-refractivity contribution in [3.05, 3.63) is 0 Å². The van der Waals surface area contributed by atoms with Gasteiger partial charge in [0.25, 0.3) is 0 Å². The molecule has 1 fully saturated rings. The number of hydrogen-bond donors (Lipinski definition) is 1. The van der Waals surface area contributed by atoms with Crippen molar-refractivity contribution in [1.82, 2.24) is 0 Å². The smallest absolute Gasteiger partial charge is 0.0571 e. The highest BCUT2D eigenvalue weighted by Gasteiger charge is 2.27. The molecule has 1 rings (SSSR count). The highest BCUT2D eigenvalue weighted by atomic mass is 16.4. The van der Waals surface area contributed by atoms with Gasteiger partial charge in [0.1, 0.15) is 0 Å². The van der Waals surface area contributed by atoms with E-state index in [0.29, 0.717) is 12.1 Å². The minimum Gasteiger partial charge on any atom is -0.411 e. The second kappa shape index (κ2) is 3.46. The molecule has 1 saturated carbocycles. The molecular formula is C10H19NO. The summed E-state index contributed by atoms with van der Waals surface area (Å²) in [4.78, 5) is 0. The first-order valence-corrected chi connectivity index (χ1v) is 4.30. The van der Waals surface area contributed by atoms with Crippen LogP contribution in [0.3, 0.4) is 0 Å². The zero-order chi connectivity index (χ0) is 11.9. The normalized spacial score (nSPS) is 43.2. The van der Waals surface area contributed by atoms with E-state index in [9.17, 15) is 0 Å². The van der Waals surface area contributed by atoms with E-state index in [0.717, 1.165) is 0 Å². The summed E-state index contributed by atoms with van der Waals surface area (Å²) < 4.78 is 23.9. The predicted molar refractivity (Wildman–Crippen MR) is 50.6 cm³/mol. The first kappa shape index (κ1) is 6.01. The first-order chi connectivity index (χ1) is 6.68. The molecule has 0 amide bonds. The molecule has 0 aliphatic heterocycles. The van der Waals surface area contributed by atoms with Crippen LogP contribution in [-0.4, -0.2) is 10.9 Å². The Balaban J connectivity index is 2.99. The Morgan fingerprint density at radius 3 is 2.58 bits per heavy atom. The third-order valence-corrected chi connectivity index (χ3v) is 2.19. The van der Waals surface area contributed by atoms with E-state index in [2.05, 4.69) is 5.16 Å². The van der Waals surface area contributed by atoms with Crippen molar-refractivity contribution in [2.45, 2.75) is 46.4 Å². The molecule has 2 atom stereocenters. The molecule has 0 bridgehead atoms. The van der Waals surface area contributed by atoms with Crippen molar-refractivity contribution in [2.75, 3.05) is 0 Å². The minimum atomic E-state index is -1.45. The van der Waals surface area contributed by atoms with Crippen LogP contribution in [0.2, 0.25) is 0 Å². The van der Waals surface area contributed by atoms with Crippen molar-refractivity contribution in [3.8, 4) is 0 Å². The molecule has 0 spiro atoms. The van der Waals surface area contributed by atoms with E-state index in [1.807, 2.05) is 20.8 Å². The summed E-state index contributed by atoms with van der Waals surface area (Å²) in [6.45, 7) is 5.87. The molecule has 1 aliphatic carbocycles. The summed E-state index contributed by atoms with van der Waals surface area (Å²) in [5, 5.41) is 11.7. The summed E-state index contributed by atoms with van der Waals surface area (Å²) in [6, 6.07) is 0. The number of rotatable bonds is 0. The van der Waals surface area contributed by atoms with E-state index in [1.165, 1.54) is 0 Å². The second-order valence-electron chi connectivity index (χ2n) is 4.33. The molecule has 0 aromatic carbocycles. The summed E-state index contributed by atoms with van der Waals surface area (Å²) in [7, 11) is 0. The Morgan fingerprint density at radius 1 is 1.50 bits per heavy atom. The lowest BCUT2D eigenvalue weighted by molar-refractivity contribution is 0.205. The fourth-order valence-electron chi connectivity index (χ4n) is 1.37. The zero-order valence-electron chi connectivity index (χ0n) is 11.0. The summed E-state index contributed by atoms with van der Waals surface area (Å²) in [6.07, 6.45) is -1.47. The molecule has 0 radical (unpaired) electrons. The van der Waals surface area contributed by atoms with Gasteiger partial charge in [-0.1, -0.05) is 25.9 Å². The summed E-state index contributed by atoms with van der Waals surface area (Å²) in [5.41, 5.74) is 0.164. The molecule has 0 aromatic heterocycles. The molecule has 2 nitrogen and oxygen atoms in total. The molecule has 1 N–H and O–H groups in total. The van der Waals surface area contributed by atoms with Crippen molar-refractivity contribution in [2.24, 2.45) is 16.5 Å². The van der Waals surface area contributed by atoms with Gasteiger partial charge in [0.15, 0.2) is 0 Å². The maximum absolute atomic E-state index is 8.67. The molecular weight excluding hydrogens is 150 g/mol. The van der Waals surface area contributed by atoms with Crippen molar-refractivity contribution in [3.63, 3.8) is 0 Å². The van der Waals surface area contributed by atoms with E-state index in [1.54, 1.807) is 0 Å².